The maximum absolute atomic E-state index is 11.7. The zero-order valence-corrected chi connectivity index (χ0v) is 10.4. The Kier molecular flexibility index (Phi) is 3.18. The summed E-state index contributed by atoms with van der Waals surface area (Å²) in [4.78, 5) is 11.7. The van der Waals surface area contributed by atoms with Gasteiger partial charge in [-0.15, -0.1) is 0 Å². The molecule has 0 bridgehead atoms. The van der Waals surface area contributed by atoms with E-state index in [0.717, 1.165) is 16.5 Å². The topological polar surface area (TPSA) is 42.2 Å². The molecule has 3 nitrogen and oxygen atoms in total. The van der Waals surface area contributed by atoms with Gasteiger partial charge in [0.25, 0.3) is 0 Å². The first-order valence-corrected chi connectivity index (χ1v) is 5.82. The molecule has 0 saturated carbocycles. The van der Waals surface area contributed by atoms with Crippen LogP contribution >= 0.6 is 0 Å². The molecule has 0 spiro atoms. The summed E-state index contributed by atoms with van der Waals surface area (Å²) in [7, 11) is 0. The Morgan fingerprint density at radius 3 is 2.88 bits per heavy atom. The molecule has 0 aliphatic heterocycles. The second-order valence-electron chi connectivity index (χ2n) is 4.66. The minimum absolute atomic E-state index is 0.0317. The van der Waals surface area contributed by atoms with Crippen molar-refractivity contribution in [3.63, 3.8) is 0 Å². The van der Waals surface area contributed by atoms with E-state index in [0.29, 0.717) is 6.42 Å². The highest BCUT2D eigenvalue weighted by atomic mass is 16.3. The summed E-state index contributed by atoms with van der Waals surface area (Å²) in [5.41, 5.74) is 2.95. The van der Waals surface area contributed by atoms with Crippen LogP contribution < -0.4 is 5.32 Å². The molecular weight excluding hydrogens is 214 g/mol. The van der Waals surface area contributed by atoms with E-state index in [1.54, 1.807) is 6.26 Å². The van der Waals surface area contributed by atoms with Crippen LogP contribution in [0.25, 0.3) is 11.0 Å². The molecule has 17 heavy (non-hydrogen) atoms. The fraction of sp³-hybridized carbons (Fsp3) is 0.357. The van der Waals surface area contributed by atoms with Crippen molar-refractivity contribution in [3.8, 4) is 0 Å². The molecule has 0 fully saturated rings. The van der Waals surface area contributed by atoms with Gasteiger partial charge in [-0.2, -0.15) is 0 Å². The molecule has 2 rings (SSSR count). The van der Waals surface area contributed by atoms with Crippen LogP contribution in [-0.4, -0.2) is 11.9 Å². The molecule has 2 aromatic rings. The first-order chi connectivity index (χ1) is 8.06. The summed E-state index contributed by atoms with van der Waals surface area (Å²) in [6.07, 6.45) is 2.04. The number of hydrogen-bond acceptors (Lipinski definition) is 2. The van der Waals surface area contributed by atoms with Crippen LogP contribution in [0.2, 0.25) is 0 Å². The summed E-state index contributed by atoms with van der Waals surface area (Å²) < 4.78 is 5.43. The van der Waals surface area contributed by atoms with Crippen LogP contribution in [0, 0.1) is 6.92 Å². The summed E-state index contributed by atoms with van der Waals surface area (Å²) in [6, 6.07) is 6.16. The monoisotopic (exact) mass is 231 g/mol. The van der Waals surface area contributed by atoms with Gasteiger partial charge in [0, 0.05) is 17.0 Å². The number of amides is 1. The lowest BCUT2D eigenvalue weighted by Gasteiger charge is -2.07. The lowest BCUT2D eigenvalue weighted by molar-refractivity contribution is -0.120. The van der Waals surface area contributed by atoms with Gasteiger partial charge in [-0.1, -0.05) is 11.6 Å². The van der Waals surface area contributed by atoms with Crippen molar-refractivity contribution in [2.24, 2.45) is 0 Å². The van der Waals surface area contributed by atoms with Gasteiger partial charge >= 0.3 is 0 Å². The Morgan fingerprint density at radius 1 is 1.41 bits per heavy atom. The molecule has 0 aliphatic rings. The number of furan rings is 1. The third-order valence-corrected chi connectivity index (χ3v) is 2.61. The van der Waals surface area contributed by atoms with E-state index in [1.165, 1.54) is 5.56 Å². The Morgan fingerprint density at radius 2 is 2.18 bits per heavy atom. The molecule has 0 saturated heterocycles. The molecule has 1 aromatic heterocycles. The fourth-order valence-corrected chi connectivity index (χ4v) is 1.88. The average Bonchev–Trinajstić information content (AvgIpc) is 2.60. The molecule has 0 aliphatic carbocycles. The molecule has 90 valence electrons. The minimum atomic E-state index is 0.0317. The van der Waals surface area contributed by atoms with Crippen molar-refractivity contribution in [2.75, 3.05) is 0 Å². The smallest absolute Gasteiger partial charge is 0.224 e. The van der Waals surface area contributed by atoms with Crippen molar-refractivity contribution in [1.29, 1.82) is 0 Å². The first kappa shape index (κ1) is 11.7. The van der Waals surface area contributed by atoms with Gasteiger partial charge in [0.2, 0.25) is 5.91 Å². The van der Waals surface area contributed by atoms with Gasteiger partial charge < -0.3 is 9.73 Å². The van der Waals surface area contributed by atoms with Crippen molar-refractivity contribution in [3.05, 3.63) is 35.6 Å². The van der Waals surface area contributed by atoms with E-state index < -0.39 is 0 Å². The molecule has 1 amide bonds. The van der Waals surface area contributed by atoms with Gasteiger partial charge in [-0.3, -0.25) is 4.79 Å². The van der Waals surface area contributed by atoms with Crippen molar-refractivity contribution < 1.29 is 9.21 Å². The number of fused-ring (bicyclic) bond motifs is 1. The fourth-order valence-electron chi connectivity index (χ4n) is 1.88. The van der Waals surface area contributed by atoms with Gasteiger partial charge in [-0.05, 0) is 32.9 Å². The second kappa shape index (κ2) is 4.62. The minimum Gasteiger partial charge on any atom is -0.464 e. The van der Waals surface area contributed by atoms with Crippen LogP contribution in [-0.2, 0) is 11.2 Å². The molecule has 0 unspecified atom stereocenters. The Bertz CT molecular complexity index is 540. The number of rotatable bonds is 3. The lowest BCUT2D eigenvalue weighted by atomic mass is 10.1. The molecule has 0 radical (unpaired) electrons. The number of hydrogen-bond donors (Lipinski definition) is 1. The number of carbonyl (C=O) groups excluding carboxylic acids is 1. The molecule has 0 atom stereocenters. The Labute approximate surface area is 101 Å². The van der Waals surface area contributed by atoms with Crippen molar-refractivity contribution >= 4 is 16.9 Å². The number of aryl methyl sites for hydroxylation is 1. The van der Waals surface area contributed by atoms with Gasteiger partial charge in [0.05, 0.1) is 12.7 Å². The third-order valence-electron chi connectivity index (χ3n) is 2.61. The number of benzene rings is 1. The normalized spacial score (nSPS) is 11.1. The van der Waals surface area contributed by atoms with Crippen LogP contribution in [0.3, 0.4) is 0 Å². The quantitative estimate of drug-likeness (QED) is 0.882. The highest BCUT2D eigenvalue weighted by Gasteiger charge is 2.10. The zero-order valence-electron chi connectivity index (χ0n) is 10.4. The summed E-state index contributed by atoms with van der Waals surface area (Å²) >= 11 is 0. The maximum Gasteiger partial charge on any atom is 0.224 e. The van der Waals surface area contributed by atoms with E-state index in [-0.39, 0.29) is 11.9 Å². The van der Waals surface area contributed by atoms with Gasteiger partial charge in [0.15, 0.2) is 0 Å². The van der Waals surface area contributed by atoms with Crippen molar-refractivity contribution in [1.82, 2.24) is 5.32 Å². The lowest BCUT2D eigenvalue weighted by Crippen LogP contribution is -2.31. The van der Waals surface area contributed by atoms with Crippen LogP contribution in [0.1, 0.15) is 25.0 Å². The Hall–Kier alpha value is -1.77. The summed E-state index contributed by atoms with van der Waals surface area (Å²) in [6.45, 7) is 5.94. The van der Waals surface area contributed by atoms with Crippen LogP contribution in [0.15, 0.2) is 28.9 Å². The number of carbonyl (C=O) groups is 1. The molecule has 1 N–H and O–H groups in total. The van der Waals surface area contributed by atoms with E-state index >= 15 is 0 Å². The Balaban J connectivity index is 2.24. The largest absolute Gasteiger partial charge is 0.464 e. The van der Waals surface area contributed by atoms with E-state index in [4.69, 9.17) is 4.42 Å². The summed E-state index contributed by atoms with van der Waals surface area (Å²) in [5.74, 6) is 0.0317. The third kappa shape index (κ3) is 2.67. The predicted octanol–water partition coefficient (Wildman–Crippen LogP) is 2.81. The number of nitrogens with one attached hydrogen (secondary N) is 1. The van der Waals surface area contributed by atoms with Crippen LogP contribution in [0.4, 0.5) is 0 Å². The predicted molar refractivity (Wildman–Crippen MR) is 67.9 cm³/mol. The molecule has 1 heterocycles. The van der Waals surface area contributed by atoms with E-state index in [1.807, 2.05) is 32.9 Å². The van der Waals surface area contributed by atoms with E-state index in [9.17, 15) is 4.79 Å². The average molecular weight is 231 g/mol. The maximum atomic E-state index is 11.7. The van der Waals surface area contributed by atoms with E-state index in [2.05, 4.69) is 11.4 Å². The first-order valence-electron chi connectivity index (χ1n) is 5.82. The molecule has 3 heteroatoms. The highest BCUT2D eigenvalue weighted by Crippen LogP contribution is 2.22. The van der Waals surface area contributed by atoms with Crippen LogP contribution in [0.5, 0.6) is 0 Å². The highest BCUT2D eigenvalue weighted by molar-refractivity contribution is 5.88. The summed E-state index contributed by atoms with van der Waals surface area (Å²) in [5, 5.41) is 3.91. The second-order valence-corrected chi connectivity index (χ2v) is 4.66. The van der Waals surface area contributed by atoms with Crippen molar-refractivity contribution in [2.45, 2.75) is 33.2 Å². The SMILES string of the molecule is Cc1ccc2occ(CC(=O)NC(C)C)c2c1. The van der Waals surface area contributed by atoms with Gasteiger partial charge in [0.1, 0.15) is 5.58 Å². The molecular formula is C14H17NO2. The van der Waals surface area contributed by atoms with Gasteiger partial charge in [-0.25, -0.2) is 0 Å². The standard InChI is InChI=1S/C14H17NO2/c1-9(2)15-14(16)7-11-8-17-13-5-4-10(3)6-12(11)13/h4-6,8-9H,7H2,1-3H3,(H,15,16). The zero-order chi connectivity index (χ0) is 12.4. The molecule has 1 aromatic carbocycles.